The molecule has 10 heterocycles. The SMILES string of the molecule is CC=O.CN=S.Cc1cc(C)c(S(=O)(=O)ONC(=O)OC(C)(C)C)c(C)c1.Cc1cn2nc(C)nc2c(-c2ccccc2)n1.Cc1cn2nc(C)nc2c(-c2ccccc2)n1.Cc1nc2c(-c3ccccc3)nc(Br)cn2n1.Cc1nc2c(-c3ccccc3)nc(N)c(C)n2n1.Nc1c(-c2ccccc2)nc(Br)c[n+]1N.Nc1ncc(Br)nc1-c1ccccc1. The molecule has 17 rings (SSSR count). The van der Waals surface area contributed by atoms with Crippen molar-refractivity contribution < 1.29 is 31.7 Å². The molecule has 0 saturated carbocycles. The Labute approximate surface area is 753 Å². The second-order valence-corrected chi connectivity index (χ2v) is 32.4. The zero-order valence-electron chi connectivity index (χ0n) is 71.0. The first-order chi connectivity index (χ1) is 59.6. The van der Waals surface area contributed by atoms with E-state index >= 15 is 0 Å². The van der Waals surface area contributed by atoms with E-state index in [1.165, 1.54) is 11.6 Å². The van der Waals surface area contributed by atoms with Gasteiger partial charge in [0.25, 0.3) is 0 Å². The van der Waals surface area contributed by atoms with Gasteiger partial charge in [-0.15, -0.1) is 8.96 Å². The lowest BCUT2D eigenvalue weighted by Gasteiger charge is -2.19. The van der Waals surface area contributed by atoms with E-state index in [-0.39, 0.29) is 4.90 Å². The van der Waals surface area contributed by atoms with E-state index in [1.54, 1.807) is 89.7 Å². The molecule has 0 aliphatic heterocycles. The minimum absolute atomic E-state index is 0.0455. The second kappa shape index (κ2) is 44.5. The molecule has 17 aromatic rings. The summed E-state index contributed by atoms with van der Waals surface area (Å²) < 4.78 is 47.4. The summed E-state index contributed by atoms with van der Waals surface area (Å²) in [4.78, 5) is 68.6. The van der Waals surface area contributed by atoms with Crippen LogP contribution in [-0.2, 0) is 36.4 Å². The number of nitrogens with one attached hydrogen (secondary N) is 1. The first kappa shape index (κ1) is 95.2. The van der Waals surface area contributed by atoms with Crippen molar-refractivity contribution in [1.82, 2.24) is 98.8 Å². The smallest absolute Gasteiger partial charge is 0.432 e. The van der Waals surface area contributed by atoms with E-state index < -0.39 is 21.8 Å². The van der Waals surface area contributed by atoms with Crippen LogP contribution in [0.2, 0.25) is 0 Å². The Kier molecular flexibility index (Phi) is 33.9. The van der Waals surface area contributed by atoms with Crippen molar-refractivity contribution in [3.8, 4) is 67.5 Å². The Bertz CT molecular complexity index is 6340. The van der Waals surface area contributed by atoms with Crippen molar-refractivity contribution in [2.75, 3.05) is 30.1 Å². The summed E-state index contributed by atoms with van der Waals surface area (Å²) in [6.45, 7) is 25.0. The molecule has 9 N–H and O–H groups in total. The summed E-state index contributed by atoms with van der Waals surface area (Å²) in [6.07, 6.45) is 8.57. The number of nitrogens with zero attached hydrogens (tertiary/aromatic N) is 21. The van der Waals surface area contributed by atoms with Gasteiger partial charge in [0, 0.05) is 52.9 Å². The maximum atomic E-state index is 12.2. The van der Waals surface area contributed by atoms with Crippen molar-refractivity contribution in [3.05, 3.63) is 296 Å². The van der Waals surface area contributed by atoms with E-state index in [0.717, 1.165) is 130 Å². The highest BCUT2D eigenvalue weighted by Gasteiger charge is 2.26. The molecule has 642 valence electrons. The van der Waals surface area contributed by atoms with Crippen LogP contribution < -0.4 is 33.2 Å². The van der Waals surface area contributed by atoms with Gasteiger partial charge in [0.05, 0.1) is 41.9 Å². The van der Waals surface area contributed by atoms with Crippen LogP contribution in [0.4, 0.5) is 22.2 Å². The molecular formula is C88H92Br3N26O6S2+. The maximum Gasteiger partial charge on any atom is 0.432 e. The molecule has 1 amide bonds. The molecule has 37 heteroatoms. The van der Waals surface area contributed by atoms with Gasteiger partial charge in [-0.3, -0.25) is 11.6 Å². The van der Waals surface area contributed by atoms with E-state index in [0.29, 0.717) is 55.0 Å². The maximum absolute atomic E-state index is 12.2. The summed E-state index contributed by atoms with van der Waals surface area (Å²) in [7, 11) is -2.54. The lowest BCUT2D eigenvalue weighted by atomic mass is 10.1. The first-order valence-corrected chi connectivity index (χ1v) is 42.4. The summed E-state index contributed by atoms with van der Waals surface area (Å²) in [5.41, 5.74) is 37.2. The molecule has 10 aromatic heterocycles. The number of fused-ring (bicyclic) bond motifs is 4. The van der Waals surface area contributed by atoms with Crippen molar-refractivity contribution in [2.24, 2.45) is 4.36 Å². The Balaban J connectivity index is 0.000000164. The highest BCUT2D eigenvalue weighted by Crippen LogP contribution is 2.30. The molecule has 0 bridgehead atoms. The summed E-state index contributed by atoms with van der Waals surface area (Å²) in [5.74, 6) is 10.0. The van der Waals surface area contributed by atoms with Gasteiger partial charge < -0.3 is 21.0 Å². The van der Waals surface area contributed by atoms with Crippen LogP contribution in [0.15, 0.2) is 248 Å². The highest BCUT2D eigenvalue weighted by atomic mass is 79.9. The molecule has 0 aliphatic rings. The second-order valence-electron chi connectivity index (χ2n) is 28.1. The number of aromatic nitrogens is 20. The third-order valence-electron chi connectivity index (χ3n) is 16.9. The lowest BCUT2D eigenvalue weighted by Crippen LogP contribution is -2.47. The zero-order chi connectivity index (χ0) is 90.8. The fourth-order valence-electron chi connectivity index (χ4n) is 12.0. The molecule has 32 nitrogen and oxygen atoms in total. The number of rotatable bonds is 9. The summed E-state index contributed by atoms with van der Waals surface area (Å²) >= 11 is 13.9. The molecule has 0 fully saturated rings. The highest BCUT2D eigenvalue weighted by molar-refractivity contribution is 9.11. The molecular weight excluding hydrogens is 1820 g/mol. The van der Waals surface area contributed by atoms with E-state index in [2.05, 4.69) is 144 Å². The number of hydrogen-bond acceptors (Lipinski definition) is 27. The van der Waals surface area contributed by atoms with Crippen LogP contribution in [-0.4, -0.2) is 127 Å². The molecule has 0 aliphatic carbocycles. The monoisotopic (exact) mass is 1910 g/mol. The van der Waals surface area contributed by atoms with Crippen LogP contribution in [0, 0.1) is 69.2 Å². The molecule has 0 radical (unpaired) electrons. The van der Waals surface area contributed by atoms with Crippen LogP contribution in [0.1, 0.15) is 84.8 Å². The number of ether oxygens (including phenoxy) is 1. The van der Waals surface area contributed by atoms with Gasteiger partial charge in [-0.05, 0) is 156 Å². The number of hydroxylamine groups is 1. The lowest BCUT2D eigenvalue weighted by molar-refractivity contribution is -0.624. The number of aryl methyl sites for hydroxylation is 10. The zero-order valence-corrected chi connectivity index (χ0v) is 77.4. The number of carbonyl (C=O) groups excluding carboxylic acids is 2. The third-order valence-corrected chi connectivity index (χ3v) is 19.5. The Morgan fingerprint density at radius 1 is 0.480 bits per heavy atom. The van der Waals surface area contributed by atoms with Crippen LogP contribution >= 0.6 is 47.8 Å². The Morgan fingerprint density at radius 2 is 0.816 bits per heavy atom. The number of carbonyl (C=O) groups is 2. The van der Waals surface area contributed by atoms with Crippen LogP contribution in [0.5, 0.6) is 0 Å². The average Bonchev–Trinajstić information content (AvgIpc) is 1.63. The van der Waals surface area contributed by atoms with Crippen molar-refractivity contribution in [1.29, 1.82) is 0 Å². The summed E-state index contributed by atoms with van der Waals surface area (Å²) in [5, 5.41) is 17.3. The quantitative estimate of drug-likeness (QED) is 0.0388. The van der Waals surface area contributed by atoms with E-state index in [1.807, 2.05) is 256 Å². The van der Waals surface area contributed by atoms with Gasteiger partial charge in [-0.25, -0.2) is 82.0 Å². The minimum Gasteiger partial charge on any atom is -0.442 e. The van der Waals surface area contributed by atoms with Gasteiger partial charge in [0.15, 0.2) is 34.5 Å². The van der Waals surface area contributed by atoms with Crippen LogP contribution in [0.3, 0.4) is 0 Å². The number of hydrogen-bond donors (Lipinski definition) is 5. The fraction of sp³-hybridized carbons (Fsp3) is 0.182. The summed E-state index contributed by atoms with van der Waals surface area (Å²) in [6, 6.07) is 62.8. The molecule has 7 aromatic carbocycles. The van der Waals surface area contributed by atoms with Crippen molar-refractivity contribution >= 4 is 123 Å². The third kappa shape index (κ3) is 26.7. The molecule has 0 atom stereocenters. The minimum atomic E-state index is -4.10. The van der Waals surface area contributed by atoms with E-state index in [9.17, 15) is 13.2 Å². The Hall–Kier alpha value is -13.6. The van der Waals surface area contributed by atoms with Crippen LogP contribution in [0.25, 0.3) is 90.1 Å². The van der Waals surface area contributed by atoms with Gasteiger partial charge in [0.2, 0.25) is 0 Å². The number of halogens is 3. The van der Waals surface area contributed by atoms with E-state index in [4.69, 9.17) is 32.6 Å². The topological polar surface area (TPSA) is 430 Å². The number of nitrogens with two attached hydrogens (primary N) is 4. The number of benzene rings is 7. The standard InChI is InChI=1S/C14H21NO5S.C13H13N5.2C13H12N4.C12H9BrN4.C10H9BrN4.C10H8BrN3.C2H4O.CH3NS/c1-9-7-10(2)12(11(3)8-9)21(17,18)20-15-13(16)19-14(4,5)6;1-8-12(14)16-11(10-6-4-3-5-7-10)13-15-9(2)17-18(8)13;2*1-9-8-17-13(15-10(2)16-17)12(14-9)11-6-4-3-5-7-11;1-8-14-12-11(9-5-3-2-4-6-9)15-10(13)7-17(12)16-8;11-8-6-15(13)10(12)9(14-8)7-4-2-1-3-5-7;11-8-6-13-10(12)9(14-8)7-4-2-1-3-5-7;2*1-2-3/h7-8H,1-6H3,(H,15,16);3-7H,14H2,1-2H3;2*3-8H,1-2H3;2-7H,1H3;1-6,12H,13H2;1-6H,(H2,12,13);2H,1H3;1H3/p+1. The Morgan fingerprint density at radius 3 is 1.22 bits per heavy atom. The van der Waals surface area contributed by atoms with Gasteiger partial charge in [-0.2, -0.15) is 34.3 Å². The average molecular weight is 1910 g/mol. The van der Waals surface area contributed by atoms with Crippen molar-refractivity contribution in [2.45, 2.75) is 107 Å². The molecule has 0 saturated heterocycles. The van der Waals surface area contributed by atoms with Crippen molar-refractivity contribution in [3.63, 3.8) is 0 Å². The van der Waals surface area contributed by atoms with Gasteiger partial charge in [-0.1, -0.05) is 200 Å². The molecule has 0 unspecified atom stereocenters. The predicted octanol–water partition coefficient (Wildman–Crippen LogP) is 16.6. The molecule has 0 spiro atoms. The normalized spacial score (nSPS) is 10.6. The largest absolute Gasteiger partial charge is 0.442 e. The number of amides is 1. The molecule has 125 heavy (non-hydrogen) atoms. The van der Waals surface area contributed by atoms with Gasteiger partial charge >= 0.3 is 22.0 Å². The van der Waals surface area contributed by atoms with Gasteiger partial charge in [0.1, 0.15) is 94.0 Å². The predicted molar refractivity (Wildman–Crippen MR) is 498 cm³/mol. The number of nitrogen functional groups attached to an aromatic ring is 4. The first-order valence-electron chi connectivity index (χ1n) is 38.2. The number of anilines is 3. The number of aldehydes is 1. The fourth-order valence-corrected chi connectivity index (χ4v) is 14.2.